The molecule has 6 unspecified atom stereocenters. The fourth-order valence-corrected chi connectivity index (χ4v) is 6.18. The molecule has 26 heavy (non-hydrogen) atoms. The zero-order valence-corrected chi connectivity index (χ0v) is 16.9. The summed E-state index contributed by atoms with van der Waals surface area (Å²) >= 11 is 6.24. The molecule has 4 bridgehead atoms. The zero-order valence-electron chi connectivity index (χ0n) is 15.1. The molecule has 4 rings (SSSR count). The smallest absolute Gasteiger partial charge is 0.165 e. The molecule has 0 aliphatic heterocycles. The van der Waals surface area contributed by atoms with Gasteiger partial charge >= 0.3 is 0 Å². The molecule has 0 amide bonds. The summed E-state index contributed by atoms with van der Waals surface area (Å²) in [4.78, 5) is 0. The Bertz CT molecular complexity index is 798. The van der Waals surface area contributed by atoms with E-state index in [2.05, 4.69) is 67.2 Å². The average Bonchev–Trinajstić information content (AvgIpc) is 3.44. The fourth-order valence-electron chi connectivity index (χ4n) is 5.39. The third-order valence-corrected chi connectivity index (χ3v) is 7.91. The predicted molar refractivity (Wildman–Crippen MR) is 112 cm³/mol. The van der Waals surface area contributed by atoms with E-state index in [9.17, 15) is 0 Å². The molecule has 132 valence electrons. The van der Waals surface area contributed by atoms with Crippen LogP contribution in [0.15, 0.2) is 83.5 Å². The van der Waals surface area contributed by atoms with Crippen molar-refractivity contribution in [2.24, 2.45) is 35.5 Å². The van der Waals surface area contributed by atoms with Gasteiger partial charge in [-0.15, -0.1) is 11.5 Å². The van der Waals surface area contributed by atoms with Crippen molar-refractivity contribution in [3.8, 4) is 0 Å². The molecule has 4 aliphatic rings. The first-order valence-electron chi connectivity index (χ1n) is 9.64. The van der Waals surface area contributed by atoms with Crippen LogP contribution in [-0.2, 0) is 0 Å². The molecule has 0 spiro atoms. The van der Waals surface area contributed by atoms with E-state index in [-0.39, 0.29) is 0 Å². The fraction of sp³-hybridized carbons (Fsp3) is 0.417. The topological polar surface area (TPSA) is 0 Å². The summed E-state index contributed by atoms with van der Waals surface area (Å²) in [5, 5.41) is 1.25. The molecule has 6 atom stereocenters. The highest BCUT2D eigenvalue weighted by molar-refractivity contribution is 6.98. The summed E-state index contributed by atoms with van der Waals surface area (Å²) in [6.07, 6.45) is 20.9. The molecule has 0 aromatic carbocycles. The minimum absolute atomic E-state index is 0.320. The van der Waals surface area contributed by atoms with Gasteiger partial charge in [-0.25, -0.2) is 0 Å². The summed E-state index contributed by atoms with van der Waals surface area (Å²) in [7, 11) is 0.320. The first kappa shape index (κ1) is 17.9. The molecular formula is C24H25ClSi. The second kappa shape index (κ2) is 7.63. The van der Waals surface area contributed by atoms with Gasteiger partial charge in [0.25, 0.3) is 0 Å². The monoisotopic (exact) mass is 376 g/mol. The lowest BCUT2D eigenvalue weighted by Crippen LogP contribution is -2.09. The van der Waals surface area contributed by atoms with Crippen molar-refractivity contribution in [1.82, 2.24) is 0 Å². The van der Waals surface area contributed by atoms with Gasteiger partial charge in [0.1, 0.15) is 0 Å². The highest BCUT2D eigenvalue weighted by Crippen LogP contribution is 2.49. The first-order valence-corrected chi connectivity index (χ1v) is 11.7. The number of fused-ring (bicyclic) bond motifs is 4. The highest BCUT2D eigenvalue weighted by Gasteiger charge is 2.40. The van der Waals surface area contributed by atoms with E-state index in [1.165, 1.54) is 29.2 Å². The Labute approximate surface area is 164 Å². The summed E-state index contributed by atoms with van der Waals surface area (Å²) in [6.45, 7) is 7.82. The van der Waals surface area contributed by atoms with Crippen molar-refractivity contribution >= 4 is 19.9 Å². The van der Waals surface area contributed by atoms with Crippen LogP contribution in [0.3, 0.4) is 0 Å². The SMILES string of the molecule is C=C=C1C2C=CC(C2)C1CC=CC(=CCC1C(=C=C)C2C=CC1C2)[Si]Cl. The van der Waals surface area contributed by atoms with Crippen molar-refractivity contribution in [3.63, 3.8) is 0 Å². The third kappa shape index (κ3) is 3.15. The van der Waals surface area contributed by atoms with Gasteiger partial charge in [-0.2, -0.15) is 11.1 Å². The molecule has 0 N–H and O–H groups in total. The van der Waals surface area contributed by atoms with Crippen LogP contribution in [0.2, 0.25) is 0 Å². The average molecular weight is 377 g/mol. The molecular weight excluding hydrogens is 352 g/mol. The Hall–Kier alpha value is -1.49. The van der Waals surface area contributed by atoms with E-state index in [1.807, 2.05) is 0 Å². The quantitative estimate of drug-likeness (QED) is 0.172. The van der Waals surface area contributed by atoms with Crippen molar-refractivity contribution < 1.29 is 0 Å². The van der Waals surface area contributed by atoms with Crippen LogP contribution >= 0.6 is 11.1 Å². The van der Waals surface area contributed by atoms with Gasteiger partial charge in [-0.05, 0) is 65.7 Å². The minimum Gasteiger partial charge on any atom is -0.165 e. The standard InChI is InChI=1S/C24H25ClSi/c1-3-21-16-8-10-18(14-16)23(21)7-5-6-20(26-25)12-13-24-19-11-9-17(15-19)22(24)4-2/h5-6,8-12,16-19,23-24H,1-2,7,13-15H2. The van der Waals surface area contributed by atoms with Crippen LogP contribution in [0.4, 0.5) is 0 Å². The van der Waals surface area contributed by atoms with Gasteiger partial charge in [0.05, 0.1) is 0 Å². The maximum Gasteiger partial charge on any atom is 0.210 e. The van der Waals surface area contributed by atoms with Gasteiger partial charge in [-0.3, -0.25) is 0 Å². The molecule has 0 heterocycles. The van der Waals surface area contributed by atoms with Crippen LogP contribution in [0, 0.1) is 35.5 Å². The molecule has 2 fully saturated rings. The second-order valence-electron chi connectivity index (χ2n) is 7.89. The van der Waals surface area contributed by atoms with Gasteiger partial charge < -0.3 is 0 Å². The predicted octanol–water partition coefficient (Wildman–Crippen LogP) is 6.13. The zero-order chi connectivity index (χ0) is 18.1. The van der Waals surface area contributed by atoms with E-state index < -0.39 is 0 Å². The Balaban J connectivity index is 1.39. The second-order valence-corrected chi connectivity index (χ2v) is 9.22. The maximum atomic E-state index is 6.24. The number of halogens is 1. The van der Waals surface area contributed by atoms with Crippen LogP contribution in [0.25, 0.3) is 0 Å². The van der Waals surface area contributed by atoms with E-state index in [0.717, 1.165) is 12.8 Å². The Kier molecular flexibility index (Phi) is 5.25. The van der Waals surface area contributed by atoms with E-state index >= 15 is 0 Å². The van der Waals surface area contributed by atoms with Crippen molar-refractivity contribution in [3.05, 3.63) is 83.5 Å². The van der Waals surface area contributed by atoms with Crippen molar-refractivity contribution in [2.75, 3.05) is 0 Å². The summed E-state index contributed by atoms with van der Waals surface area (Å²) < 4.78 is 0. The van der Waals surface area contributed by atoms with Gasteiger partial charge in [-0.1, -0.05) is 55.7 Å². The van der Waals surface area contributed by atoms with Crippen LogP contribution in [-0.4, -0.2) is 8.83 Å². The largest absolute Gasteiger partial charge is 0.210 e. The molecule has 0 aromatic rings. The third-order valence-electron chi connectivity index (χ3n) is 6.66. The molecule has 0 saturated heterocycles. The van der Waals surface area contributed by atoms with E-state index in [0.29, 0.717) is 44.3 Å². The van der Waals surface area contributed by atoms with Crippen LogP contribution in [0.1, 0.15) is 25.7 Å². The maximum absolute atomic E-state index is 6.24. The summed E-state index contributed by atoms with van der Waals surface area (Å²) in [6, 6.07) is 0. The lowest BCUT2D eigenvalue weighted by Gasteiger charge is -2.19. The lowest BCUT2D eigenvalue weighted by molar-refractivity contribution is 0.517. The molecule has 0 aromatic heterocycles. The molecule has 4 aliphatic carbocycles. The van der Waals surface area contributed by atoms with Gasteiger partial charge in [0.15, 0.2) is 0 Å². The van der Waals surface area contributed by atoms with Crippen LogP contribution in [0.5, 0.6) is 0 Å². The van der Waals surface area contributed by atoms with Gasteiger partial charge in [0, 0.05) is 11.8 Å². The number of rotatable bonds is 6. The molecule has 2 radical (unpaired) electrons. The van der Waals surface area contributed by atoms with E-state index in [4.69, 9.17) is 11.1 Å². The van der Waals surface area contributed by atoms with Crippen molar-refractivity contribution in [2.45, 2.75) is 25.7 Å². The Morgan fingerprint density at radius 1 is 1.00 bits per heavy atom. The number of hydrogen-bond acceptors (Lipinski definition) is 0. The van der Waals surface area contributed by atoms with Crippen LogP contribution < -0.4 is 0 Å². The molecule has 0 nitrogen and oxygen atoms in total. The Morgan fingerprint density at radius 3 is 2.12 bits per heavy atom. The normalized spacial score (nSPS) is 37.2. The van der Waals surface area contributed by atoms with Crippen molar-refractivity contribution in [1.29, 1.82) is 0 Å². The summed E-state index contributed by atoms with van der Waals surface area (Å²) in [5.41, 5.74) is 9.24. The van der Waals surface area contributed by atoms with E-state index in [1.54, 1.807) is 0 Å². The molecule has 2 saturated carbocycles. The number of allylic oxidation sites excluding steroid dienone is 10. The number of hydrogen-bond donors (Lipinski definition) is 0. The Morgan fingerprint density at radius 2 is 1.58 bits per heavy atom. The first-order chi connectivity index (χ1) is 12.7. The highest BCUT2D eigenvalue weighted by atomic mass is 35.6. The van der Waals surface area contributed by atoms with Gasteiger partial charge in [0.2, 0.25) is 8.83 Å². The minimum atomic E-state index is 0.320. The summed E-state index contributed by atoms with van der Waals surface area (Å²) in [5.74, 6) is 3.69. The lowest BCUT2D eigenvalue weighted by atomic mass is 9.86. The molecule has 2 heteroatoms.